The Bertz CT molecular complexity index is 2680. The number of ether oxygens (including phenoxy) is 2. The number of benzene rings is 2. The fraction of sp³-hybridized carbons (Fsp3) is 0.619. The number of nitrogens with one attached hydrogen (secondary N) is 4. The first-order valence-electron chi connectivity index (χ1n) is 30.9. The van der Waals surface area contributed by atoms with Crippen LogP contribution in [-0.4, -0.2) is 216 Å². The van der Waals surface area contributed by atoms with Gasteiger partial charge in [-0.2, -0.15) is 0 Å². The molecule has 0 saturated carbocycles. The molecule has 24 nitrogen and oxygen atoms in total. The molecular weight excluding hydrogens is 1180 g/mol. The normalized spacial score (nSPS) is 21.1. The summed E-state index contributed by atoms with van der Waals surface area (Å²) < 4.78 is 48.0. The van der Waals surface area contributed by atoms with Crippen LogP contribution < -0.4 is 27.1 Å². The fourth-order valence-electron chi connectivity index (χ4n) is 9.84. The number of nitrogens with two attached hydrogens (primary N) is 1. The molecule has 6 atom stereocenters. The summed E-state index contributed by atoms with van der Waals surface area (Å²) in [6, 6.07) is 4.17. The van der Waals surface area contributed by atoms with Crippen molar-refractivity contribution < 1.29 is 75.7 Å². The van der Waals surface area contributed by atoms with Gasteiger partial charge in [0.15, 0.2) is 11.6 Å². The van der Waals surface area contributed by atoms with Gasteiger partial charge < -0.3 is 66.2 Å². The minimum atomic E-state index is -0.847. The quantitative estimate of drug-likeness (QED) is 0.0755. The summed E-state index contributed by atoms with van der Waals surface area (Å²) in [6.07, 6.45) is 6.87. The highest BCUT2D eigenvalue weighted by molar-refractivity contribution is 5.96. The van der Waals surface area contributed by atoms with Gasteiger partial charge in [0, 0.05) is 96.7 Å². The van der Waals surface area contributed by atoms with Gasteiger partial charge in [0.05, 0.1) is 18.7 Å². The van der Waals surface area contributed by atoms with E-state index in [1.54, 1.807) is 63.6 Å². The number of aliphatic carboxylic acids is 1. The van der Waals surface area contributed by atoms with Gasteiger partial charge in [-0.05, 0) is 136 Å². The van der Waals surface area contributed by atoms with Crippen molar-refractivity contribution in [2.45, 2.75) is 170 Å². The third kappa shape index (κ3) is 28.1. The molecule has 5 fully saturated rings. The van der Waals surface area contributed by atoms with E-state index in [2.05, 4.69) is 31.3 Å². The van der Waals surface area contributed by atoms with E-state index in [4.69, 9.17) is 20.3 Å². The molecule has 7 rings (SSSR count). The molecule has 6 unspecified atom stereocenters. The molecule has 0 spiro atoms. The maximum absolute atomic E-state index is 13.6. The molecule has 7 N–H and O–H groups in total. The summed E-state index contributed by atoms with van der Waals surface area (Å²) in [5, 5.41) is 17.9. The first-order valence-corrected chi connectivity index (χ1v) is 30.9. The predicted octanol–water partition coefficient (Wildman–Crippen LogP) is 5.24. The maximum Gasteiger partial charge on any atom is 0.329 e. The summed E-state index contributed by atoms with van der Waals surface area (Å²) in [7, 11) is 3.42. The Morgan fingerprint density at radius 2 is 1.41 bits per heavy atom. The first kappa shape index (κ1) is 78.6. The van der Waals surface area contributed by atoms with Crippen LogP contribution in [0.15, 0.2) is 48.2 Å². The highest BCUT2D eigenvalue weighted by atomic mass is 19.1. The van der Waals surface area contributed by atoms with Crippen molar-refractivity contribution in [3.05, 3.63) is 76.7 Å². The number of hydrazine groups is 1. The molecule has 0 aromatic heterocycles. The van der Waals surface area contributed by atoms with Gasteiger partial charge in [0.1, 0.15) is 53.8 Å². The average Bonchev–Trinajstić information content (AvgIpc) is 1.72. The number of urea groups is 1. The van der Waals surface area contributed by atoms with Gasteiger partial charge in [0.2, 0.25) is 29.5 Å². The molecule has 5 aliphatic heterocycles. The molecule has 0 aliphatic carbocycles. The average molecular weight is 1270 g/mol. The number of rotatable bonds is 15. The number of carbonyl (C=O) groups excluding carboxylic acids is 9. The van der Waals surface area contributed by atoms with Crippen LogP contribution >= 0.6 is 0 Å². The summed E-state index contributed by atoms with van der Waals surface area (Å²) in [4.78, 5) is 128. The highest BCUT2D eigenvalue weighted by Crippen LogP contribution is 2.26. The lowest BCUT2D eigenvalue weighted by atomic mass is 10.1. The Morgan fingerprint density at radius 3 is 1.97 bits per heavy atom. The molecule has 5 aliphatic rings. The van der Waals surface area contributed by atoms with Crippen LogP contribution in [0.3, 0.4) is 0 Å². The van der Waals surface area contributed by atoms with Crippen LogP contribution in [0.2, 0.25) is 0 Å². The number of Topliss-reactive ketones (excluding diaryl/α,β-unsaturated/α-hetero) is 2. The van der Waals surface area contributed by atoms with Crippen LogP contribution in [0.5, 0.6) is 0 Å². The van der Waals surface area contributed by atoms with E-state index in [9.17, 15) is 61.1 Å². The van der Waals surface area contributed by atoms with Gasteiger partial charge in [0.25, 0.3) is 0 Å². The SMILES string of the molecule is CC.CC(=O)/C(C)=C\NN1CCN(CCCCCC(=O)O)CC1.CC1CC(=O)N2CCCC2C(=O)N2CCN(C)CC2C(=O)NC(C)C(=O)N2CCCC2C(=O)O1.CCC(=O)C(C)OC.Cc1cc(F)cc(F)c1.Cc1ccc(NC(=O)NCC(N)=O)c(F)c1. The summed E-state index contributed by atoms with van der Waals surface area (Å²) in [5.41, 5.74) is 10.1. The minimum absolute atomic E-state index is 0.0285. The fourth-order valence-corrected chi connectivity index (χ4v) is 9.84. The van der Waals surface area contributed by atoms with E-state index in [0.29, 0.717) is 70.4 Å². The van der Waals surface area contributed by atoms with Gasteiger partial charge >= 0.3 is 18.0 Å². The Kier molecular flexibility index (Phi) is 35.8. The summed E-state index contributed by atoms with van der Waals surface area (Å²) in [6.45, 7) is 24.4. The number of methoxy groups -OCH3 is 1. The number of carboxylic acids is 1. The topological polar surface area (TPSA) is 303 Å². The standard InChI is InChI=1S/C23H35N5O6.C15H27N3O3.C10H12FN3O2.C7H6F2.C6H12O2.C2H6/c1-14-12-19(29)26-8-4-6-16(26)22(32)28-11-10-25(3)13-18(28)20(30)24-15(2)21(31)27-9-5-7-17(27)23(33)34-14;1-13(14(2)19)12-16-18-10-8-17(9-11-18)7-5-3-4-6-15(20)21;1-6-2-3-8(7(11)4-6)14-10(16)13-5-9(12)15;1-5-2-6(8)4-7(9)3-5;1-4-6(7)5(2)8-3;1-2/h14-18H,4-13H2,1-3H3,(H,24,30);12,16H,3-11H2,1-2H3,(H,20,21);2-4H,5H2,1H3,(H2,12,15)(H2,13,14,16);2-4H,1H3;5H,4H2,1-3H3;1-2H3/b;13-12-;;;;. The van der Waals surface area contributed by atoms with Crippen molar-refractivity contribution in [3.63, 3.8) is 0 Å². The lowest BCUT2D eigenvalue weighted by Gasteiger charge is -2.41. The molecular formula is C63H98F3N11O13. The zero-order chi connectivity index (χ0) is 67.8. The number of hydrogen-bond acceptors (Lipinski definition) is 16. The summed E-state index contributed by atoms with van der Waals surface area (Å²) in [5.74, 6) is -4.48. The molecule has 5 heterocycles. The second kappa shape index (κ2) is 41.0. The van der Waals surface area contributed by atoms with Gasteiger partial charge in [-0.1, -0.05) is 33.3 Å². The number of carbonyl (C=O) groups is 10. The number of aryl methyl sites for hydroxylation is 2. The highest BCUT2D eigenvalue weighted by Gasteiger charge is 2.44. The molecule has 0 radical (unpaired) electrons. The zero-order valence-corrected chi connectivity index (χ0v) is 54.6. The van der Waals surface area contributed by atoms with Crippen LogP contribution in [0, 0.1) is 31.3 Å². The van der Waals surface area contributed by atoms with Crippen molar-refractivity contribution in [3.8, 4) is 0 Å². The van der Waals surface area contributed by atoms with Crippen LogP contribution in [-0.2, 0) is 52.6 Å². The van der Waals surface area contributed by atoms with E-state index >= 15 is 0 Å². The van der Waals surface area contributed by atoms with Crippen LogP contribution in [0.25, 0.3) is 0 Å². The number of carboxylic acid groups (broad SMARTS) is 1. The zero-order valence-electron chi connectivity index (χ0n) is 54.6. The Morgan fingerprint density at radius 1 is 0.800 bits per heavy atom. The number of halogens is 3. The summed E-state index contributed by atoms with van der Waals surface area (Å²) >= 11 is 0. The number of esters is 1. The molecule has 27 heteroatoms. The van der Waals surface area contributed by atoms with Crippen molar-refractivity contribution in [1.82, 2.24) is 45.6 Å². The van der Waals surface area contributed by atoms with E-state index in [-0.39, 0.29) is 60.5 Å². The van der Waals surface area contributed by atoms with Gasteiger partial charge in [-0.3, -0.25) is 38.4 Å². The Hall–Kier alpha value is -7.49. The lowest BCUT2D eigenvalue weighted by molar-refractivity contribution is -0.160. The minimum Gasteiger partial charge on any atom is -0.481 e. The number of unbranched alkanes of at least 4 members (excludes halogenated alkanes) is 2. The Labute approximate surface area is 528 Å². The predicted molar refractivity (Wildman–Crippen MR) is 333 cm³/mol. The molecule has 2 aromatic carbocycles. The second-order valence-corrected chi connectivity index (χ2v) is 22.4. The first-order chi connectivity index (χ1) is 42.5. The smallest absolute Gasteiger partial charge is 0.329 e. The van der Waals surface area contributed by atoms with E-state index < -0.39 is 77.5 Å². The molecule has 504 valence electrons. The van der Waals surface area contributed by atoms with Crippen molar-refractivity contribution >= 4 is 64.8 Å². The van der Waals surface area contributed by atoms with Crippen LogP contribution in [0.1, 0.15) is 131 Å². The van der Waals surface area contributed by atoms with Crippen molar-refractivity contribution in [2.75, 3.05) is 91.5 Å². The number of amides is 7. The number of primary amides is 1. The lowest BCUT2D eigenvalue weighted by Crippen LogP contribution is -2.64. The van der Waals surface area contributed by atoms with Crippen molar-refractivity contribution in [2.24, 2.45) is 5.73 Å². The number of nitrogens with zero attached hydrogens (tertiary/aromatic N) is 6. The largest absolute Gasteiger partial charge is 0.481 e. The number of ketones is 2. The van der Waals surface area contributed by atoms with E-state index in [0.717, 1.165) is 69.2 Å². The molecule has 5 saturated heterocycles. The molecule has 2 aromatic rings. The monoisotopic (exact) mass is 1270 g/mol. The van der Waals surface area contributed by atoms with Gasteiger partial charge in [-0.25, -0.2) is 27.8 Å². The number of cyclic esters (lactones) is 1. The number of likely N-dealkylation sites (N-methyl/N-ethyl adjacent to an activating group) is 1. The maximum atomic E-state index is 13.6. The third-order valence-electron chi connectivity index (χ3n) is 15.1. The third-order valence-corrected chi connectivity index (χ3v) is 15.1. The number of hydrogen-bond donors (Lipinski definition) is 6. The van der Waals surface area contributed by atoms with Gasteiger partial charge in [-0.15, -0.1) is 0 Å². The number of anilines is 1. The van der Waals surface area contributed by atoms with Crippen LogP contribution in [0.4, 0.5) is 23.7 Å². The number of fused-ring (bicyclic) bond motifs is 3. The molecule has 7 amide bonds. The molecule has 90 heavy (non-hydrogen) atoms. The van der Waals surface area contributed by atoms with E-state index in [1.165, 1.54) is 36.3 Å². The Balaban J connectivity index is 0.000000421. The second-order valence-electron chi connectivity index (χ2n) is 22.4. The van der Waals surface area contributed by atoms with E-state index in [1.807, 2.05) is 39.6 Å². The molecule has 0 bridgehead atoms. The van der Waals surface area contributed by atoms with Crippen molar-refractivity contribution in [1.29, 1.82) is 0 Å². The number of piperazine rings is 2. The number of allylic oxidation sites excluding steroid dienone is 1.